The van der Waals surface area contributed by atoms with E-state index in [1.807, 2.05) is 50.2 Å². The highest BCUT2D eigenvalue weighted by atomic mass is 16.5. The number of fused-ring (bicyclic) bond motifs is 3. The first-order valence-corrected chi connectivity index (χ1v) is 9.90. The average Bonchev–Trinajstić information content (AvgIpc) is 3.00. The summed E-state index contributed by atoms with van der Waals surface area (Å²) < 4.78 is 5.58. The van der Waals surface area contributed by atoms with Crippen LogP contribution in [0.15, 0.2) is 48.5 Å². The number of aliphatic carboxylic acids is 1. The van der Waals surface area contributed by atoms with Crippen molar-refractivity contribution in [1.82, 2.24) is 4.90 Å². The summed E-state index contributed by atoms with van der Waals surface area (Å²) in [6.07, 6.45) is 1.56. The third kappa shape index (κ3) is 3.94. The minimum atomic E-state index is -1.26. The van der Waals surface area contributed by atoms with Gasteiger partial charge in [0.05, 0.1) is 0 Å². The molecule has 1 N–H and O–H groups in total. The van der Waals surface area contributed by atoms with Crippen molar-refractivity contribution in [3.8, 4) is 11.1 Å². The summed E-state index contributed by atoms with van der Waals surface area (Å²) in [5, 5.41) is 9.63. The summed E-state index contributed by atoms with van der Waals surface area (Å²) in [5.74, 6) is -1.91. The standard InChI is InChI=1S/C23H27NO4/c1-3-13-24(14-4-2)21(22(25)26)23(27)28-15-20-18-11-7-5-9-16(18)17-10-6-8-12-19(17)20/h5-12,20-21H,3-4,13-15H2,1-2H3,(H,25,26)/t21-/m1/s1. The molecule has 5 heteroatoms. The molecule has 2 aromatic carbocycles. The van der Waals surface area contributed by atoms with Crippen LogP contribution in [0, 0.1) is 0 Å². The van der Waals surface area contributed by atoms with Gasteiger partial charge < -0.3 is 9.84 Å². The quantitative estimate of drug-likeness (QED) is 0.527. The number of benzene rings is 2. The molecule has 1 aliphatic carbocycles. The zero-order valence-electron chi connectivity index (χ0n) is 16.4. The summed E-state index contributed by atoms with van der Waals surface area (Å²) >= 11 is 0. The van der Waals surface area contributed by atoms with E-state index < -0.39 is 18.0 Å². The van der Waals surface area contributed by atoms with Gasteiger partial charge in [-0.2, -0.15) is 0 Å². The number of carboxylic acid groups (broad SMARTS) is 1. The van der Waals surface area contributed by atoms with Gasteiger partial charge in [-0.05, 0) is 48.2 Å². The monoisotopic (exact) mass is 381 g/mol. The summed E-state index contributed by atoms with van der Waals surface area (Å²) in [5.41, 5.74) is 4.52. The van der Waals surface area contributed by atoms with Crippen LogP contribution in [0.3, 0.4) is 0 Å². The Morgan fingerprint density at radius 1 is 0.964 bits per heavy atom. The Hall–Kier alpha value is -2.66. The van der Waals surface area contributed by atoms with E-state index in [0.717, 1.165) is 35.1 Å². The van der Waals surface area contributed by atoms with E-state index >= 15 is 0 Å². The topological polar surface area (TPSA) is 66.8 Å². The van der Waals surface area contributed by atoms with Gasteiger partial charge in [-0.3, -0.25) is 4.90 Å². The number of carboxylic acids is 1. The molecule has 0 fully saturated rings. The highest BCUT2D eigenvalue weighted by Crippen LogP contribution is 2.44. The minimum absolute atomic E-state index is 0.0726. The molecule has 0 bridgehead atoms. The zero-order valence-corrected chi connectivity index (χ0v) is 16.4. The van der Waals surface area contributed by atoms with Gasteiger partial charge in [0, 0.05) is 5.92 Å². The molecule has 28 heavy (non-hydrogen) atoms. The molecule has 5 nitrogen and oxygen atoms in total. The Bertz CT molecular complexity index is 797. The smallest absolute Gasteiger partial charge is 0.335 e. The van der Waals surface area contributed by atoms with Crippen LogP contribution in [0.2, 0.25) is 0 Å². The van der Waals surface area contributed by atoms with Crippen LogP contribution in [0.4, 0.5) is 0 Å². The maximum atomic E-state index is 12.7. The van der Waals surface area contributed by atoms with Crippen LogP contribution in [-0.2, 0) is 14.3 Å². The van der Waals surface area contributed by atoms with Crippen molar-refractivity contribution >= 4 is 11.9 Å². The van der Waals surface area contributed by atoms with Crippen molar-refractivity contribution in [2.75, 3.05) is 19.7 Å². The van der Waals surface area contributed by atoms with E-state index in [2.05, 4.69) is 12.1 Å². The first-order chi connectivity index (χ1) is 13.6. The molecule has 0 heterocycles. The van der Waals surface area contributed by atoms with Crippen molar-refractivity contribution in [3.05, 3.63) is 59.7 Å². The van der Waals surface area contributed by atoms with Gasteiger partial charge in [0.2, 0.25) is 6.04 Å². The molecule has 0 aliphatic heterocycles. The normalized spacial score (nSPS) is 13.8. The highest BCUT2D eigenvalue weighted by Gasteiger charge is 2.35. The number of ether oxygens (including phenoxy) is 1. The summed E-state index contributed by atoms with van der Waals surface area (Å²) in [6.45, 7) is 5.19. The molecular formula is C23H27NO4. The molecule has 0 spiro atoms. The molecule has 2 aromatic rings. The lowest BCUT2D eigenvalue weighted by molar-refractivity contribution is -0.161. The Morgan fingerprint density at radius 3 is 1.93 bits per heavy atom. The predicted octanol–water partition coefficient (Wildman–Crippen LogP) is 3.92. The first kappa shape index (κ1) is 20.1. The number of hydrogen-bond acceptors (Lipinski definition) is 4. The first-order valence-electron chi connectivity index (χ1n) is 9.90. The van der Waals surface area contributed by atoms with Crippen LogP contribution < -0.4 is 0 Å². The fraction of sp³-hybridized carbons (Fsp3) is 0.391. The molecule has 0 aromatic heterocycles. The Morgan fingerprint density at radius 2 is 1.46 bits per heavy atom. The van der Waals surface area contributed by atoms with Crippen LogP contribution in [0.25, 0.3) is 11.1 Å². The lowest BCUT2D eigenvalue weighted by atomic mass is 9.98. The SMILES string of the molecule is CCCN(CCC)[C@H](C(=O)O)C(=O)OCC1c2ccccc2-c2ccccc21. The predicted molar refractivity (Wildman–Crippen MR) is 108 cm³/mol. The van der Waals surface area contributed by atoms with Crippen molar-refractivity contribution in [3.63, 3.8) is 0 Å². The van der Waals surface area contributed by atoms with Gasteiger partial charge >= 0.3 is 11.9 Å². The second kappa shape index (κ2) is 9.02. The van der Waals surface area contributed by atoms with E-state index in [-0.39, 0.29) is 12.5 Å². The number of nitrogens with zero attached hydrogens (tertiary/aromatic N) is 1. The molecule has 0 saturated heterocycles. The van der Waals surface area contributed by atoms with Gasteiger partial charge in [-0.15, -0.1) is 0 Å². The summed E-state index contributed by atoms with van der Waals surface area (Å²) in [4.78, 5) is 26.2. The lowest BCUT2D eigenvalue weighted by Gasteiger charge is -2.27. The zero-order chi connectivity index (χ0) is 20.1. The van der Waals surface area contributed by atoms with E-state index in [4.69, 9.17) is 4.74 Å². The van der Waals surface area contributed by atoms with Crippen LogP contribution in [0.1, 0.15) is 43.7 Å². The Balaban J connectivity index is 1.79. The van der Waals surface area contributed by atoms with E-state index in [1.165, 1.54) is 0 Å². The number of carbonyl (C=O) groups is 2. The Kier molecular flexibility index (Phi) is 6.47. The molecule has 0 saturated carbocycles. The van der Waals surface area contributed by atoms with Gasteiger partial charge in [0.1, 0.15) is 6.61 Å². The number of hydrogen-bond donors (Lipinski definition) is 1. The van der Waals surface area contributed by atoms with Crippen LogP contribution in [0.5, 0.6) is 0 Å². The van der Waals surface area contributed by atoms with Crippen LogP contribution >= 0.6 is 0 Å². The summed E-state index contributed by atoms with van der Waals surface area (Å²) in [7, 11) is 0. The van der Waals surface area contributed by atoms with Crippen molar-refractivity contribution in [1.29, 1.82) is 0 Å². The van der Waals surface area contributed by atoms with Gasteiger partial charge in [-0.1, -0.05) is 62.4 Å². The molecule has 1 aliphatic rings. The maximum absolute atomic E-state index is 12.7. The number of rotatable bonds is 9. The molecule has 0 unspecified atom stereocenters. The van der Waals surface area contributed by atoms with Crippen molar-refractivity contribution < 1.29 is 19.4 Å². The van der Waals surface area contributed by atoms with Gasteiger partial charge in [0.15, 0.2) is 0 Å². The van der Waals surface area contributed by atoms with E-state index in [0.29, 0.717) is 13.1 Å². The minimum Gasteiger partial charge on any atom is -0.480 e. The van der Waals surface area contributed by atoms with Gasteiger partial charge in [-0.25, -0.2) is 9.59 Å². The number of carbonyl (C=O) groups excluding carboxylic acids is 1. The number of esters is 1. The fourth-order valence-corrected chi connectivity index (χ4v) is 4.03. The molecule has 0 amide bonds. The Labute approximate surface area is 165 Å². The second-order valence-corrected chi connectivity index (χ2v) is 7.13. The molecule has 1 atom stereocenters. The average molecular weight is 381 g/mol. The van der Waals surface area contributed by atoms with Crippen LogP contribution in [-0.4, -0.2) is 47.7 Å². The second-order valence-electron chi connectivity index (χ2n) is 7.13. The molecule has 148 valence electrons. The summed E-state index contributed by atoms with van der Waals surface area (Å²) in [6, 6.07) is 14.9. The largest absolute Gasteiger partial charge is 0.480 e. The fourth-order valence-electron chi connectivity index (χ4n) is 4.03. The maximum Gasteiger partial charge on any atom is 0.335 e. The molecule has 3 rings (SSSR count). The van der Waals surface area contributed by atoms with Crippen molar-refractivity contribution in [2.45, 2.75) is 38.6 Å². The third-order valence-corrected chi connectivity index (χ3v) is 5.20. The van der Waals surface area contributed by atoms with Crippen molar-refractivity contribution in [2.24, 2.45) is 0 Å². The van der Waals surface area contributed by atoms with E-state index in [9.17, 15) is 14.7 Å². The van der Waals surface area contributed by atoms with E-state index in [1.54, 1.807) is 4.90 Å². The molecular weight excluding hydrogens is 354 g/mol. The third-order valence-electron chi connectivity index (χ3n) is 5.20. The molecule has 0 radical (unpaired) electrons. The highest BCUT2D eigenvalue weighted by molar-refractivity contribution is 5.98. The van der Waals surface area contributed by atoms with Gasteiger partial charge in [0.25, 0.3) is 0 Å². The lowest BCUT2D eigenvalue weighted by Crippen LogP contribution is -2.48.